The number of thiocarbonyl (C=S) groups is 1. The molecule has 0 radical (unpaired) electrons. The van der Waals surface area contributed by atoms with Crippen LogP contribution in [0.1, 0.15) is 38.8 Å². The van der Waals surface area contributed by atoms with Gasteiger partial charge in [-0.15, -0.1) is 0 Å². The molecule has 0 N–H and O–H groups in total. The standard InChI is InChI=1S/C26H24F4N4O4S/c1-14(2)37-24(36)32-12-18(13-32)38-21-8-7-17(10-20(21)27)34-23(39)33(22(35)25(34,3)4)16-6-5-15(11-31)19(9-16)26(28,29)30/h5-10,14,18H,12-13H2,1-4H3. The van der Waals surface area contributed by atoms with E-state index < -0.39 is 46.8 Å². The largest absolute Gasteiger partial charge is 0.484 e. The molecule has 2 aliphatic heterocycles. The number of carbonyl (C=O) groups is 2. The number of benzene rings is 2. The van der Waals surface area contributed by atoms with Gasteiger partial charge in [-0.2, -0.15) is 18.4 Å². The van der Waals surface area contributed by atoms with Crippen molar-refractivity contribution in [3.63, 3.8) is 0 Å². The highest BCUT2D eigenvalue weighted by Gasteiger charge is 2.51. The molecule has 2 aromatic carbocycles. The van der Waals surface area contributed by atoms with Crippen LogP contribution in [0.3, 0.4) is 0 Å². The number of halogens is 4. The van der Waals surface area contributed by atoms with Gasteiger partial charge in [-0.05, 0) is 70.2 Å². The van der Waals surface area contributed by atoms with Crippen molar-refractivity contribution in [3.05, 3.63) is 53.3 Å². The van der Waals surface area contributed by atoms with Crippen molar-refractivity contribution in [2.24, 2.45) is 0 Å². The van der Waals surface area contributed by atoms with Crippen LogP contribution in [-0.4, -0.2) is 52.8 Å². The highest BCUT2D eigenvalue weighted by atomic mass is 32.1. The van der Waals surface area contributed by atoms with Crippen LogP contribution in [0.4, 0.5) is 33.7 Å². The summed E-state index contributed by atoms with van der Waals surface area (Å²) < 4.78 is 66.4. The summed E-state index contributed by atoms with van der Waals surface area (Å²) in [4.78, 5) is 28.9. The van der Waals surface area contributed by atoms with Gasteiger partial charge in [0.2, 0.25) is 0 Å². The summed E-state index contributed by atoms with van der Waals surface area (Å²) in [5.41, 5.74) is -3.15. The van der Waals surface area contributed by atoms with Gasteiger partial charge in [0.05, 0.1) is 42.1 Å². The molecule has 4 rings (SSSR count). The van der Waals surface area contributed by atoms with Gasteiger partial charge in [-0.25, -0.2) is 9.18 Å². The predicted molar refractivity (Wildman–Crippen MR) is 137 cm³/mol. The number of nitriles is 1. The lowest BCUT2D eigenvalue weighted by Crippen LogP contribution is -2.56. The first-order chi connectivity index (χ1) is 18.1. The fourth-order valence-electron chi connectivity index (χ4n) is 4.30. The van der Waals surface area contributed by atoms with Crippen molar-refractivity contribution in [1.29, 1.82) is 5.26 Å². The van der Waals surface area contributed by atoms with Gasteiger partial charge in [0, 0.05) is 11.8 Å². The number of nitrogens with zero attached hydrogens (tertiary/aromatic N) is 4. The Labute approximate surface area is 227 Å². The van der Waals surface area contributed by atoms with Crippen LogP contribution >= 0.6 is 12.2 Å². The van der Waals surface area contributed by atoms with E-state index in [-0.39, 0.29) is 41.4 Å². The topological polar surface area (TPSA) is 86.1 Å². The second-order valence-electron chi connectivity index (χ2n) is 9.85. The summed E-state index contributed by atoms with van der Waals surface area (Å²) in [5.74, 6) is -1.46. The number of hydrogen-bond donors (Lipinski definition) is 0. The maximum absolute atomic E-state index is 15.1. The first-order valence-corrected chi connectivity index (χ1v) is 12.3. The smallest absolute Gasteiger partial charge is 0.417 e. The second kappa shape index (κ2) is 10.00. The third-order valence-electron chi connectivity index (χ3n) is 6.27. The Hall–Kier alpha value is -3.92. The van der Waals surface area contributed by atoms with Crippen LogP contribution in [0.25, 0.3) is 0 Å². The Bertz CT molecular complexity index is 1380. The third kappa shape index (κ3) is 5.21. The third-order valence-corrected chi connectivity index (χ3v) is 6.63. The molecule has 0 unspecified atom stereocenters. The molecule has 0 spiro atoms. The summed E-state index contributed by atoms with van der Waals surface area (Å²) in [6, 6.07) is 8.31. The van der Waals surface area contributed by atoms with Gasteiger partial charge in [-0.3, -0.25) is 9.69 Å². The average molecular weight is 565 g/mol. The van der Waals surface area contributed by atoms with Crippen LogP contribution < -0.4 is 14.5 Å². The molecule has 0 atom stereocenters. The molecule has 2 aliphatic rings. The number of ether oxygens (including phenoxy) is 2. The van der Waals surface area contributed by atoms with Crippen LogP contribution in [0.5, 0.6) is 5.75 Å². The zero-order valence-electron chi connectivity index (χ0n) is 21.4. The Morgan fingerprint density at radius 1 is 1.15 bits per heavy atom. The first-order valence-electron chi connectivity index (χ1n) is 11.9. The molecule has 2 heterocycles. The lowest BCUT2D eigenvalue weighted by molar-refractivity contribution is -0.137. The highest BCUT2D eigenvalue weighted by Crippen LogP contribution is 2.40. The molecular weight excluding hydrogens is 540 g/mol. The monoisotopic (exact) mass is 564 g/mol. The minimum atomic E-state index is -4.83. The van der Waals surface area contributed by atoms with Crippen molar-refractivity contribution in [2.75, 3.05) is 22.9 Å². The zero-order chi connectivity index (χ0) is 28.9. The Morgan fingerprint density at radius 3 is 2.36 bits per heavy atom. The summed E-state index contributed by atoms with van der Waals surface area (Å²) in [7, 11) is 0. The molecule has 0 aliphatic carbocycles. The molecular formula is C26H24F4N4O4S. The highest BCUT2D eigenvalue weighted by molar-refractivity contribution is 7.81. The maximum Gasteiger partial charge on any atom is 0.417 e. The van der Waals surface area contributed by atoms with Gasteiger partial charge in [0.1, 0.15) is 11.6 Å². The van der Waals surface area contributed by atoms with Crippen LogP contribution in [0.15, 0.2) is 36.4 Å². The lowest BCUT2D eigenvalue weighted by Gasteiger charge is -2.38. The van der Waals surface area contributed by atoms with Gasteiger partial charge >= 0.3 is 12.3 Å². The van der Waals surface area contributed by atoms with E-state index in [1.807, 2.05) is 0 Å². The molecule has 0 aromatic heterocycles. The molecule has 2 amide bonds. The van der Waals surface area contributed by atoms with E-state index in [0.29, 0.717) is 6.07 Å². The Morgan fingerprint density at radius 2 is 1.79 bits per heavy atom. The van der Waals surface area contributed by atoms with E-state index in [2.05, 4.69) is 0 Å². The maximum atomic E-state index is 15.1. The minimum absolute atomic E-state index is 0.0753. The molecule has 2 fully saturated rings. The molecule has 13 heteroatoms. The fraction of sp³-hybridized carbons (Fsp3) is 0.385. The molecule has 39 heavy (non-hydrogen) atoms. The lowest BCUT2D eigenvalue weighted by atomic mass is 10.0. The van der Waals surface area contributed by atoms with Gasteiger partial charge < -0.3 is 19.3 Å². The first kappa shape index (κ1) is 28.1. The number of amides is 2. The zero-order valence-corrected chi connectivity index (χ0v) is 22.2. The predicted octanol–water partition coefficient (Wildman–Crippen LogP) is 5.24. The van der Waals surface area contributed by atoms with Crippen LogP contribution in [0.2, 0.25) is 0 Å². The second-order valence-corrected chi connectivity index (χ2v) is 10.2. The van der Waals surface area contributed by atoms with E-state index in [1.54, 1.807) is 13.8 Å². The van der Waals surface area contributed by atoms with Crippen molar-refractivity contribution in [1.82, 2.24) is 4.90 Å². The van der Waals surface area contributed by atoms with E-state index in [9.17, 15) is 22.8 Å². The average Bonchev–Trinajstić information content (AvgIpc) is 2.98. The number of alkyl halides is 3. The summed E-state index contributed by atoms with van der Waals surface area (Å²) in [6.07, 6.45) is -6.02. The molecule has 2 saturated heterocycles. The quantitative estimate of drug-likeness (QED) is 0.363. The van der Waals surface area contributed by atoms with Crippen molar-refractivity contribution >= 4 is 40.7 Å². The van der Waals surface area contributed by atoms with Gasteiger partial charge in [-0.1, -0.05) is 0 Å². The minimum Gasteiger partial charge on any atom is -0.484 e. The van der Waals surface area contributed by atoms with E-state index in [1.165, 1.54) is 47.9 Å². The normalized spacial score (nSPS) is 17.4. The molecule has 0 saturated carbocycles. The number of rotatable bonds is 5. The van der Waals surface area contributed by atoms with E-state index in [4.69, 9.17) is 27.0 Å². The van der Waals surface area contributed by atoms with Crippen LogP contribution in [0, 0.1) is 17.1 Å². The summed E-state index contributed by atoms with van der Waals surface area (Å²) >= 11 is 5.47. The number of hydrogen-bond acceptors (Lipinski definition) is 6. The summed E-state index contributed by atoms with van der Waals surface area (Å²) in [6.45, 7) is 6.93. The Kier molecular flexibility index (Phi) is 7.20. The molecule has 8 nitrogen and oxygen atoms in total. The van der Waals surface area contributed by atoms with E-state index in [0.717, 1.165) is 17.0 Å². The van der Waals surface area contributed by atoms with Gasteiger partial charge in [0.15, 0.2) is 16.7 Å². The Balaban J connectivity index is 1.55. The number of likely N-dealkylation sites (tertiary alicyclic amines) is 1. The molecule has 206 valence electrons. The van der Waals surface area contributed by atoms with Crippen molar-refractivity contribution in [3.8, 4) is 11.8 Å². The van der Waals surface area contributed by atoms with Gasteiger partial charge in [0.25, 0.3) is 5.91 Å². The number of carbonyl (C=O) groups excluding carboxylic acids is 2. The fourth-order valence-corrected chi connectivity index (χ4v) is 4.82. The van der Waals surface area contributed by atoms with Crippen LogP contribution in [-0.2, 0) is 15.7 Å². The van der Waals surface area contributed by atoms with Crippen molar-refractivity contribution < 1.29 is 36.6 Å². The van der Waals surface area contributed by atoms with E-state index >= 15 is 4.39 Å². The van der Waals surface area contributed by atoms with Crippen molar-refractivity contribution in [2.45, 2.75) is 51.6 Å². The summed E-state index contributed by atoms with van der Waals surface area (Å²) in [5, 5.41) is 8.92. The SMILES string of the molecule is CC(C)OC(=O)N1CC(Oc2ccc(N3C(=S)N(c4ccc(C#N)c(C(F)(F)F)c4)C(=O)C3(C)C)cc2F)C1. The number of anilines is 2. The molecule has 0 bridgehead atoms. The molecule has 2 aromatic rings.